The molecule has 0 heterocycles. The normalized spacial score (nSPS) is 12.4. The van der Waals surface area contributed by atoms with Gasteiger partial charge in [-0.3, -0.25) is 0 Å². The maximum Gasteiger partial charge on any atom is 0.00286 e. The third-order valence-electron chi connectivity index (χ3n) is 1.68. The van der Waals surface area contributed by atoms with Crippen LogP contribution in [0.3, 0.4) is 0 Å². The molecule has 0 fully saturated rings. The molecule has 0 aliphatic rings. The fourth-order valence-corrected chi connectivity index (χ4v) is 0.559. The van der Waals surface area contributed by atoms with E-state index in [-0.39, 0.29) is 5.41 Å². The van der Waals surface area contributed by atoms with E-state index in [1.165, 1.54) is 5.57 Å². The second kappa shape index (κ2) is 2.86. The quantitative estimate of drug-likeness (QED) is 0.496. The Morgan fingerprint density at radius 1 is 1.44 bits per heavy atom. The van der Waals surface area contributed by atoms with Crippen molar-refractivity contribution in [2.45, 2.75) is 27.7 Å². The zero-order valence-electron chi connectivity index (χ0n) is 6.86. The highest BCUT2D eigenvalue weighted by Crippen LogP contribution is 2.25. The van der Waals surface area contributed by atoms with Gasteiger partial charge >= 0.3 is 0 Å². The molecule has 0 aromatic rings. The lowest BCUT2D eigenvalue weighted by molar-refractivity contribution is 0.581. The molecule has 9 heavy (non-hydrogen) atoms. The standard InChI is InChI=1S/C9H16/c1-6-7-9(4,5)8(2)3/h6-7H,2H2,1,3-5H3. The van der Waals surface area contributed by atoms with Crippen LogP contribution in [0.1, 0.15) is 27.7 Å². The van der Waals surface area contributed by atoms with Crippen molar-refractivity contribution >= 4 is 0 Å². The van der Waals surface area contributed by atoms with E-state index in [9.17, 15) is 0 Å². The Kier molecular flexibility index (Phi) is 2.69. The minimum Gasteiger partial charge on any atom is -0.0993 e. The molecule has 0 spiro atoms. The van der Waals surface area contributed by atoms with Gasteiger partial charge in [-0.2, -0.15) is 0 Å². The Morgan fingerprint density at radius 3 is 2.00 bits per heavy atom. The summed E-state index contributed by atoms with van der Waals surface area (Å²) in [5, 5.41) is 0. The van der Waals surface area contributed by atoms with E-state index in [1.807, 2.05) is 6.92 Å². The Labute approximate surface area is 58.3 Å². The van der Waals surface area contributed by atoms with Crippen LogP contribution in [0, 0.1) is 5.41 Å². The minimum absolute atomic E-state index is 0.175. The molecule has 0 N–H and O–H groups in total. The first-order valence-electron chi connectivity index (χ1n) is 3.30. The molecule has 0 saturated heterocycles. The average molecular weight is 124 g/mol. The zero-order chi connectivity index (χ0) is 7.49. The van der Waals surface area contributed by atoms with Gasteiger partial charge in [0.25, 0.3) is 0 Å². The largest absolute Gasteiger partial charge is 0.0993 e. The fraction of sp³-hybridized carbons (Fsp3) is 0.556. The van der Waals surface area contributed by atoms with Gasteiger partial charge in [-0.1, -0.05) is 38.2 Å². The maximum atomic E-state index is 3.89. The molecule has 0 nitrogen and oxygen atoms in total. The van der Waals surface area contributed by atoms with E-state index < -0.39 is 0 Å². The Bertz CT molecular complexity index is 127. The van der Waals surface area contributed by atoms with Gasteiger partial charge in [0.15, 0.2) is 0 Å². The lowest BCUT2D eigenvalue weighted by Gasteiger charge is -2.19. The summed E-state index contributed by atoms with van der Waals surface area (Å²) in [7, 11) is 0. The number of rotatable bonds is 2. The van der Waals surface area contributed by atoms with Gasteiger partial charge in [-0.05, 0) is 13.8 Å². The van der Waals surface area contributed by atoms with Crippen molar-refractivity contribution in [3.05, 3.63) is 24.3 Å². The summed E-state index contributed by atoms with van der Waals surface area (Å²) in [5.41, 5.74) is 1.38. The molecule has 0 radical (unpaired) electrons. The SMILES string of the molecule is C=C(C)C(C)(C)C=CC. The summed E-state index contributed by atoms with van der Waals surface area (Å²) in [6.07, 6.45) is 4.23. The minimum atomic E-state index is 0.175. The summed E-state index contributed by atoms with van der Waals surface area (Å²) >= 11 is 0. The van der Waals surface area contributed by atoms with Crippen LogP contribution in [-0.2, 0) is 0 Å². The van der Waals surface area contributed by atoms with Gasteiger partial charge in [0.2, 0.25) is 0 Å². The predicted octanol–water partition coefficient (Wildman–Crippen LogP) is 3.16. The van der Waals surface area contributed by atoms with E-state index in [0.29, 0.717) is 0 Å². The van der Waals surface area contributed by atoms with Crippen molar-refractivity contribution in [3.8, 4) is 0 Å². The first-order chi connectivity index (χ1) is 4.00. The van der Waals surface area contributed by atoms with Gasteiger partial charge in [-0.25, -0.2) is 0 Å². The third-order valence-corrected chi connectivity index (χ3v) is 1.68. The molecular weight excluding hydrogens is 108 g/mol. The van der Waals surface area contributed by atoms with Crippen LogP contribution in [0.25, 0.3) is 0 Å². The number of hydrogen-bond donors (Lipinski definition) is 0. The van der Waals surface area contributed by atoms with Crippen LogP contribution in [0.4, 0.5) is 0 Å². The number of hydrogen-bond acceptors (Lipinski definition) is 0. The highest BCUT2D eigenvalue weighted by Gasteiger charge is 2.12. The van der Waals surface area contributed by atoms with Gasteiger partial charge in [0, 0.05) is 5.41 Å². The van der Waals surface area contributed by atoms with Gasteiger partial charge in [-0.15, -0.1) is 0 Å². The average Bonchev–Trinajstić information content (AvgIpc) is 1.65. The second-order valence-corrected chi connectivity index (χ2v) is 3.00. The second-order valence-electron chi connectivity index (χ2n) is 3.00. The molecule has 0 aliphatic heterocycles. The molecule has 0 rings (SSSR count). The molecule has 0 aromatic heterocycles. The predicted molar refractivity (Wildman–Crippen MR) is 43.4 cm³/mol. The van der Waals surface area contributed by atoms with E-state index >= 15 is 0 Å². The Morgan fingerprint density at radius 2 is 1.89 bits per heavy atom. The van der Waals surface area contributed by atoms with Crippen molar-refractivity contribution in [3.63, 3.8) is 0 Å². The smallest absolute Gasteiger partial charge is 0.00286 e. The molecule has 0 unspecified atom stereocenters. The fourth-order valence-electron chi connectivity index (χ4n) is 0.559. The molecule has 52 valence electrons. The first kappa shape index (κ1) is 8.48. The van der Waals surface area contributed by atoms with E-state index in [0.717, 1.165) is 0 Å². The molecule has 0 bridgehead atoms. The molecule has 0 aliphatic carbocycles. The summed E-state index contributed by atoms with van der Waals surface area (Å²) in [6.45, 7) is 12.3. The maximum absolute atomic E-state index is 3.89. The van der Waals surface area contributed by atoms with Crippen molar-refractivity contribution in [2.24, 2.45) is 5.41 Å². The molecule has 0 amide bonds. The molecule has 0 atom stereocenters. The molecular formula is C9H16. The highest BCUT2D eigenvalue weighted by molar-refractivity contribution is 5.13. The third kappa shape index (κ3) is 2.50. The zero-order valence-corrected chi connectivity index (χ0v) is 6.86. The van der Waals surface area contributed by atoms with Crippen molar-refractivity contribution < 1.29 is 0 Å². The topological polar surface area (TPSA) is 0 Å². The lowest BCUT2D eigenvalue weighted by Crippen LogP contribution is -2.07. The Balaban J connectivity index is 4.19. The van der Waals surface area contributed by atoms with Crippen molar-refractivity contribution in [1.82, 2.24) is 0 Å². The summed E-state index contributed by atoms with van der Waals surface area (Å²) in [4.78, 5) is 0. The van der Waals surface area contributed by atoms with Crippen molar-refractivity contribution in [1.29, 1.82) is 0 Å². The van der Waals surface area contributed by atoms with Crippen LogP contribution < -0.4 is 0 Å². The van der Waals surface area contributed by atoms with E-state index in [4.69, 9.17) is 0 Å². The molecule has 0 saturated carbocycles. The van der Waals surface area contributed by atoms with Crippen LogP contribution >= 0.6 is 0 Å². The van der Waals surface area contributed by atoms with Gasteiger partial charge < -0.3 is 0 Å². The summed E-state index contributed by atoms with van der Waals surface area (Å²) < 4.78 is 0. The first-order valence-corrected chi connectivity index (χ1v) is 3.30. The van der Waals surface area contributed by atoms with E-state index in [1.54, 1.807) is 0 Å². The molecule has 0 heteroatoms. The molecule has 0 aromatic carbocycles. The lowest BCUT2D eigenvalue weighted by atomic mass is 9.86. The van der Waals surface area contributed by atoms with Gasteiger partial charge in [0.1, 0.15) is 0 Å². The highest BCUT2D eigenvalue weighted by atomic mass is 14.2. The van der Waals surface area contributed by atoms with E-state index in [2.05, 4.69) is 39.5 Å². The summed E-state index contributed by atoms with van der Waals surface area (Å²) in [5.74, 6) is 0. The van der Waals surface area contributed by atoms with Crippen LogP contribution in [-0.4, -0.2) is 0 Å². The van der Waals surface area contributed by atoms with Crippen LogP contribution in [0.5, 0.6) is 0 Å². The van der Waals surface area contributed by atoms with Crippen LogP contribution in [0.15, 0.2) is 24.3 Å². The van der Waals surface area contributed by atoms with Gasteiger partial charge in [0.05, 0.1) is 0 Å². The van der Waals surface area contributed by atoms with Crippen molar-refractivity contribution in [2.75, 3.05) is 0 Å². The summed E-state index contributed by atoms with van der Waals surface area (Å²) in [6, 6.07) is 0. The monoisotopic (exact) mass is 124 g/mol. The Hall–Kier alpha value is -0.520. The number of allylic oxidation sites excluding steroid dienone is 3. The van der Waals surface area contributed by atoms with Crippen LogP contribution in [0.2, 0.25) is 0 Å².